The Hall–Kier alpha value is -3.98. The fourth-order valence-corrected chi connectivity index (χ4v) is 3.14. The molecule has 0 saturated heterocycles. The van der Waals surface area contributed by atoms with Gasteiger partial charge in [0.15, 0.2) is 11.5 Å². The molecule has 0 aliphatic rings. The minimum Gasteiger partial charge on any atom is -0.493 e. The van der Waals surface area contributed by atoms with Crippen molar-refractivity contribution in [3.63, 3.8) is 0 Å². The van der Waals surface area contributed by atoms with E-state index in [1.807, 2.05) is 13.0 Å². The molecule has 0 heterocycles. The number of halogens is 1. The molecule has 3 rings (SSSR count). The van der Waals surface area contributed by atoms with Crippen molar-refractivity contribution in [3.05, 3.63) is 87.9 Å². The lowest BCUT2D eigenvalue weighted by molar-refractivity contribution is -0.136. The Morgan fingerprint density at radius 2 is 1.62 bits per heavy atom. The van der Waals surface area contributed by atoms with Crippen LogP contribution in [0.5, 0.6) is 11.5 Å². The summed E-state index contributed by atoms with van der Waals surface area (Å²) < 4.78 is 11.7. The van der Waals surface area contributed by atoms with Crippen LogP contribution in [-0.2, 0) is 9.59 Å². The predicted molar refractivity (Wildman–Crippen MR) is 132 cm³/mol. The van der Waals surface area contributed by atoms with Crippen molar-refractivity contribution < 1.29 is 23.9 Å². The number of carbonyl (C=O) groups excluding carboxylic acids is 3. The number of benzene rings is 3. The van der Waals surface area contributed by atoms with Crippen LogP contribution < -0.4 is 20.2 Å². The average molecular weight is 524 g/mol. The van der Waals surface area contributed by atoms with Crippen LogP contribution in [-0.4, -0.2) is 30.6 Å². The number of amides is 2. The SMILES string of the molecule is COc1cc(C(C)=NNC(=O)C(=O)Nc2ccc(Br)cc2)ccc1OC(=O)c1cccc(C)c1. The predicted octanol–water partition coefficient (Wildman–Crippen LogP) is 4.46. The Bertz CT molecular complexity index is 1260. The Balaban J connectivity index is 1.66. The van der Waals surface area contributed by atoms with Crippen LogP contribution in [0.3, 0.4) is 0 Å². The van der Waals surface area contributed by atoms with E-state index in [0.29, 0.717) is 28.3 Å². The van der Waals surface area contributed by atoms with Crippen molar-refractivity contribution in [1.29, 1.82) is 0 Å². The second-order valence-electron chi connectivity index (χ2n) is 7.22. The monoisotopic (exact) mass is 523 g/mol. The van der Waals surface area contributed by atoms with Crippen molar-refractivity contribution in [2.45, 2.75) is 13.8 Å². The molecule has 9 heteroatoms. The summed E-state index contributed by atoms with van der Waals surface area (Å²) in [6.07, 6.45) is 0. The summed E-state index contributed by atoms with van der Waals surface area (Å²) >= 11 is 3.30. The number of methoxy groups -OCH3 is 1. The summed E-state index contributed by atoms with van der Waals surface area (Å²) in [5.41, 5.74) is 5.08. The molecule has 0 bridgehead atoms. The standard InChI is InChI=1S/C25H22BrN3O5/c1-15-5-4-6-18(13-15)25(32)34-21-12-7-17(14-22(21)33-3)16(2)28-29-24(31)23(30)27-20-10-8-19(26)9-11-20/h4-14H,1-3H3,(H,27,30)(H,29,31). The second-order valence-corrected chi connectivity index (χ2v) is 8.14. The lowest BCUT2D eigenvalue weighted by Gasteiger charge is -2.11. The number of nitrogens with zero attached hydrogens (tertiary/aromatic N) is 1. The lowest BCUT2D eigenvalue weighted by Crippen LogP contribution is -2.32. The van der Waals surface area contributed by atoms with Crippen LogP contribution in [0.15, 0.2) is 76.3 Å². The Kier molecular flexibility index (Phi) is 8.15. The maximum absolute atomic E-state index is 12.5. The van der Waals surface area contributed by atoms with Gasteiger partial charge in [-0.05, 0) is 68.4 Å². The number of ether oxygens (including phenoxy) is 2. The molecule has 2 amide bonds. The second kappa shape index (κ2) is 11.2. The number of rotatable bonds is 6. The minimum absolute atomic E-state index is 0.239. The molecule has 2 N–H and O–H groups in total. The number of aryl methyl sites for hydroxylation is 1. The molecule has 34 heavy (non-hydrogen) atoms. The number of nitrogens with one attached hydrogen (secondary N) is 2. The maximum atomic E-state index is 12.5. The fourth-order valence-electron chi connectivity index (χ4n) is 2.88. The van der Waals surface area contributed by atoms with Gasteiger partial charge < -0.3 is 14.8 Å². The van der Waals surface area contributed by atoms with Crippen molar-refractivity contribution in [3.8, 4) is 11.5 Å². The van der Waals surface area contributed by atoms with E-state index < -0.39 is 17.8 Å². The molecule has 8 nitrogen and oxygen atoms in total. The number of esters is 1. The van der Waals surface area contributed by atoms with Crippen molar-refractivity contribution in [2.24, 2.45) is 5.10 Å². The number of anilines is 1. The first-order valence-electron chi connectivity index (χ1n) is 10.1. The van der Waals surface area contributed by atoms with Gasteiger partial charge >= 0.3 is 17.8 Å². The summed E-state index contributed by atoms with van der Waals surface area (Å²) in [4.78, 5) is 36.6. The molecular formula is C25H22BrN3O5. The first-order chi connectivity index (χ1) is 16.3. The molecule has 0 saturated carbocycles. The first kappa shape index (κ1) is 24.7. The lowest BCUT2D eigenvalue weighted by atomic mass is 10.1. The quantitative estimate of drug-likeness (QED) is 0.163. The fraction of sp³-hybridized carbons (Fsp3) is 0.120. The smallest absolute Gasteiger partial charge is 0.343 e. The van der Waals surface area contributed by atoms with Crippen molar-refractivity contribution in [2.75, 3.05) is 12.4 Å². The van der Waals surface area contributed by atoms with Gasteiger partial charge in [0.2, 0.25) is 0 Å². The number of carbonyl (C=O) groups is 3. The Morgan fingerprint density at radius 1 is 0.882 bits per heavy atom. The van der Waals surface area contributed by atoms with E-state index in [-0.39, 0.29) is 5.75 Å². The van der Waals surface area contributed by atoms with E-state index in [9.17, 15) is 14.4 Å². The van der Waals surface area contributed by atoms with E-state index in [1.165, 1.54) is 7.11 Å². The van der Waals surface area contributed by atoms with Crippen LogP contribution in [0.25, 0.3) is 0 Å². The van der Waals surface area contributed by atoms with Crippen LogP contribution in [0.2, 0.25) is 0 Å². The highest BCUT2D eigenvalue weighted by molar-refractivity contribution is 9.10. The van der Waals surface area contributed by atoms with Crippen LogP contribution in [0.1, 0.15) is 28.4 Å². The molecule has 0 aliphatic heterocycles. The van der Waals surface area contributed by atoms with E-state index in [0.717, 1.165) is 10.0 Å². The van der Waals surface area contributed by atoms with Gasteiger partial charge in [0.25, 0.3) is 0 Å². The van der Waals surface area contributed by atoms with E-state index in [4.69, 9.17) is 9.47 Å². The summed E-state index contributed by atoms with van der Waals surface area (Å²) in [5.74, 6) is -1.73. The molecule has 0 aromatic heterocycles. The third-order valence-corrected chi connectivity index (χ3v) is 5.20. The number of hydrogen-bond acceptors (Lipinski definition) is 6. The highest BCUT2D eigenvalue weighted by Gasteiger charge is 2.15. The van der Waals surface area contributed by atoms with Gasteiger partial charge in [-0.25, -0.2) is 10.2 Å². The van der Waals surface area contributed by atoms with Gasteiger partial charge in [-0.1, -0.05) is 33.6 Å². The zero-order valence-electron chi connectivity index (χ0n) is 18.7. The maximum Gasteiger partial charge on any atom is 0.343 e. The van der Waals surface area contributed by atoms with Crippen LogP contribution >= 0.6 is 15.9 Å². The van der Waals surface area contributed by atoms with E-state index in [1.54, 1.807) is 67.6 Å². The summed E-state index contributed by atoms with van der Waals surface area (Å²) in [7, 11) is 1.45. The van der Waals surface area contributed by atoms with Crippen molar-refractivity contribution >= 4 is 45.1 Å². The van der Waals surface area contributed by atoms with Crippen LogP contribution in [0, 0.1) is 6.92 Å². The molecular weight excluding hydrogens is 502 g/mol. The Labute approximate surface area is 205 Å². The highest BCUT2D eigenvalue weighted by atomic mass is 79.9. The summed E-state index contributed by atoms with van der Waals surface area (Å²) in [6.45, 7) is 3.54. The average Bonchev–Trinajstić information content (AvgIpc) is 2.83. The summed E-state index contributed by atoms with van der Waals surface area (Å²) in [5, 5.41) is 6.46. The first-order valence-corrected chi connectivity index (χ1v) is 10.9. The molecule has 0 fully saturated rings. The molecule has 0 radical (unpaired) electrons. The van der Waals surface area contributed by atoms with E-state index >= 15 is 0 Å². The third kappa shape index (κ3) is 6.52. The van der Waals surface area contributed by atoms with E-state index in [2.05, 4.69) is 31.8 Å². The largest absolute Gasteiger partial charge is 0.493 e. The van der Waals surface area contributed by atoms with Gasteiger partial charge in [-0.15, -0.1) is 0 Å². The normalized spacial score (nSPS) is 10.9. The minimum atomic E-state index is -0.919. The van der Waals surface area contributed by atoms with Gasteiger partial charge in [-0.3, -0.25) is 9.59 Å². The molecule has 0 atom stereocenters. The van der Waals surface area contributed by atoms with Gasteiger partial charge in [0, 0.05) is 15.7 Å². The van der Waals surface area contributed by atoms with Crippen molar-refractivity contribution in [1.82, 2.24) is 5.43 Å². The number of hydrazone groups is 1. The van der Waals surface area contributed by atoms with Crippen LogP contribution in [0.4, 0.5) is 5.69 Å². The van der Waals surface area contributed by atoms with Gasteiger partial charge in [-0.2, -0.15) is 5.10 Å². The summed E-state index contributed by atoms with van der Waals surface area (Å²) in [6, 6.07) is 18.7. The molecule has 0 aliphatic carbocycles. The molecule has 0 spiro atoms. The zero-order chi connectivity index (χ0) is 24.7. The van der Waals surface area contributed by atoms with Gasteiger partial charge in [0.1, 0.15) is 0 Å². The molecule has 0 unspecified atom stereocenters. The molecule has 174 valence electrons. The topological polar surface area (TPSA) is 106 Å². The highest BCUT2D eigenvalue weighted by Crippen LogP contribution is 2.29. The van der Waals surface area contributed by atoms with Gasteiger partial charge in [0.05, 0.1) is 18.4 Å². The molecule has 3 aromatic rings. The Morgan fingerprint density at radius 3 is 2.29 bits per heavy atom. The molecule has 3 aromatic carbocycles. The zero-order valence-corrected chi connectivity index (χ0v) is 20.3. The third-order valence-electron chi connectivity index (χ3n) is 4.67. The number of hydrogen-bond donors (Lipinski definition) is 2.